The Kier molecular flexibility index (Phi) is 4.42. The van der Waals surface area contributed by atoms with Crippen LogP contribution in [0.4, 0.5) is 11.8 Å². The molecule has 0 saturated carbocycles. The summed E-state index contributed by atoms with van der Waals surface area (Å²) in [5.74, 6) is 3.11. The maximum atomic E-state index is 5.02. The van der Waals surface area contributed by atoms with Crippen LogP contribution in [-0.4, -0.2) is 65.3 Å². The highest BCUT2D eigenvalue weighted by Crippen LogP contribution is 2.17. The highest BCUT2D eigenvalue weighted by molar-refractivity contribution is 5.45. The van der Waals surface area contributed by atoms with Gasteiger partial charge in [0.15, 0.2) is 5.82 Å². The van der Waals surface area contributed by atoms with Crippen LogP contribution >= 0.6 is 0 Å². The van der Waals surface area contributed by atoms with Crippen molar-refractivity contribution < 1.29 is 4.52 Å². The molecule has 0 unspecified atom stereocenters. The van der Waals surface area contributed by atoms with Gasteiger partial charge in [0.25, 0.3) is 0 Å². The van der Waals surface area contributed by atoms with E-state index >= 15 is 0 Å². The third kappa shape index (κ3) is 3.76. The molecule has 0 aliphatic carbocycles. The van der Waals surface area contributed by atoms with Crippen molar-refractivity contribution in [2.24, 2.45) is 0 Å². The zero-order valence-corrected chi connectivity index (χ0v) is 14.2. The van der Waals surface area contributed by atoms with Crippen molar-refractivity contribution in [1.82, 2.24) is 25.0 Å². The summed E-state index contributed by atoms with van der Waals surface area (Å²) in [7, 11) is 3.99. The van der Waals surface area contributed by atoms with Gasteiger partial charge in [-0.2, -0.15) is 9.97 Å². The predicted octanol–water partition coefficient (Wildman–Crippen LogP) is 0.865. The molecule has 1 fully saturated rings. The summed E-state index contributed by atoms with van der Waals surface area (Å²) in [6.07, 6.45) is 0. The lowest BCUT2D eigenvalue weighted by molar-refractivity contribution is 0.239. The van der Waals surface area contributed by atoms with Crippen molar-refractivity contribution in [3.05, 3.63) is 23.5 Å². The zero-order valence-electron chi connectivity index (χ0n) is 14.2. The normalized spacial score (nSPS) is 15.9. The Balaban J connectivity index is 1.62. The second kappa shape index (κ2) is 6.49. The molecule has 124 valence electrons. The SMILES string of the molecule is Cc1cc(N(C)C)nc(N2CCN(Cc3noc(C)n3)CC2)n1. The molecule has 3 rings (SSSR count). The smallest absolute Gasteiger partial charge is 0.227 e. The topological polar surface area (TPSA) is 74.4 Å². The first kappa shape index (κ1) is 15.7. The molecule has 3 heterocycles. The molecule has 0 aromatic carbocycles. The van der Waals surface area contributed by atoms with E-state index in [2.05, 4.69) is 29.9 Å². The first-order chi connectivity index (χ1) is 11.0. The average molecular weight is 317 g/mol. The van der Waals surface area contributed by atoms with Crippen LogP contribution in [-0.2, 0) is 6.54 Å². The summed E-state index contributed by atoms with van der Waals surface area (Å²) in [5, 5.41) is 3.96. The maximum Gasteiger partial charge on any atom is 0.227 e. The van der Waals surface area contributed by atoms with Gasteiger partial charge >= 0.3 is 0 Å². The number of hydrogen-bond donors (Lipinski definition) is 0. The predicted molar refractivity (Wildman–Crippen MR) is 87.6 cm³/mol. The van der Waals surface area contributed by atoms with Gasteiger partial charge in [-0.1, -0.05) is 5.16 Å². The summed E-state index contributed by atoms with van der Waals surface area (Å²) in [4.78, 5) is 20.1. The lowest BCUT2D eigenvalue weighted by atomic mass is 10.3. The standard InChI is InChI=1S/C15H23N7O/c1-11-9-14(20(3)4)18-15(16-11)22-7-5-21(6-8-22)10-13-17-12(2)23-19-13/h9H,5-8,10H2,1-4H3. The molecule has 0 atom stereocenters. The number of hydrogen-bond acceptors (Lipinski definition) is 8. The molecule has 1 aliphatic rings. The molecular formula is C15H23N7O. The Morgan fingerprint density at radius 2 is 1.83 bits per heavy atom. The maximum absolute atomic E-state index is 5.02. The third-order valence-corrected chi connectivity index (χ3v) is 3.88. The van der Waals surface area contributed by atoms with Gasteiger partial charge in [-0.3, -0.25) is 4.90 Å². The Bertz CT molecular complexity index is 662. The van der Waals surface area contributed by atoms with E-state index in [1.807, 2.05) is 38.9 Å². The van der Waals surface area contributed by atoms with E-state index in [1.165, 1.54) is 0 Å². The molecule has 23 heavy (non-hydrogen) atoms. The van der Waals surface area contributed by atoms with E-state index in [-0.39, 0.29) is 0 Å². The first-order valence-electron chi connectivity index (χ1n) is 7.81. The van der Waals surface area contributed by atoms with Crippen molar-refractivity contribution in [3.8, 4) is 0 Å². The van der Waals surface area contributed by atoms with Gasteiger partial charge in [-0.25, -0.2) is 4.98 Å². The summed E-state index contributed by atoms with van der Waals surface area (Å²) in [6, 6.07) is 2.00. The monoisotopic (exact) mass is 317 g/mol. The van der Waals surface area contributed by atoms with Crippen molar-refractivity contribution in [2.75, 3.05) is 50.1 Å². The molecule has 0 bridgehead atoms. The number of nitrogens with zero attached hydrogens (tertiary/aromatic N) is 7. The highest BCUT2D eigenvalue weighted by Gasteiger charge is 2.21. The van der Waals surface area contributed by atoms with Gasteiger partial charge in [0.05, 0.1) is 6.54 Å². The van der Waals surface area contributed by atoms with E-state index in [1.54, 1.807) is 0 Å². The van der Waals surface area contributed by atoms with Gasteiger partial charge in [-0.15, -0.1) is 0 Å². The molecule has 8 heteroatoms. The minimum atomic E-state index is 0.614. The number of piperazine rings is 1. The van der Waals surface area contributed by atoms with Crippen molar-refractivity contribution in [1.29, 1.82) is 0 Å². The fourth-order valence-corrected chi connectivity index (χ4v) is 2.62. The second-order valence-corrected chi connectivity index (χ2v) is 6.05. The zero-order chi connectivity index (χ0) is 16.4. The van der Waals surface area contributed by atoms with Gasteiger partial charge in [0.2, 0.25) is 11.8 Å². The van der Waals surface area contributed by atoms with Gasteiger partial charge in [0.1, 0.15) is 5.82 Å². The Morgan fingerprint density at radius 1 is 1.09 bits per heavy atom. The van der Waals surface area contributed by atoms with Gasteiger partial charge < -0.3 is 14.3 Å². The first-order valence-corrected chi connectivity index (χ1v) is 7.81. The summed E-state index contributed by atoms with van der Waals surface area (Å²) in [5.41, 5.74) is 0.989. The third-order valence-electron chi connectivity index (χ3n) is 3.88. The molecule has 0 radical (unpaired) electrons. The number of aromatic nitrogens is 4. The Hall–Kier alpha value is -2.22. The van der Waals surface area contributed by atoms with Crippen LogP contribution in [0.1, 0.15) is 17.4 Å². The highest BCUT2D eigenvalue weighted by atomic mass is 16.5. The summed E-state index contributed by atoms with van der Waals surface area (Å²) >= 11 is 0. The molecule has 1 saturated heterocycles. The van der Waals surface area contributed by atoms with Crippen molar-refractivity contribution in [3.63, 3.8) is 0 Å². The molecule has 1 aliphatic heterocycles. The van der Waals surface area contributed by atoms with Crippen LogP contribution in [0, 0.1) is 13.8 Å². The van der Waals surface area contributed by atoms with E-state index in [0.717, 1.165) is 56.0 Å². The largest absolute Gasteiger partial charge is 0.363 e. The minimum absolute atomic E-state index is 0.614. The van der Waals surface area contributed by atoms with Crippen molar-refractivity contribution >= 4 is 11.8 Å². The van der Waals surface area contributed by atoms with E-state index in [4.69, 9.17) is 4.52 Å². The van der Waals surface area contributed by atoms with Crippen molar-refractivity contribution in [2.45, 2.75) is 20.4 Å². The van der Waals surface area contributed by atoms with Gasteiger partial charge in [0, 0.05) is 59.0 Å². The van der Waals surface area contributed by atoms with Gasteiger partial charge in [-0.05, 0) is 6.92 Å². The molecule has 8 nitrogen and oxygen atoms in total. The van der Waals surface area contributed by atoms with Crippen LogP contribution < -0.4 is 9.80 Å². The van der Waals surface area contributed by atoms with Crippen LogP contribution in [0.15, 0.2) is 10.6 Å². The Labute approximate surface area is 136 Å². The fourth-order valence-electron chi connectivity index (χ4n) is 2.62. The van der Waals surface area contributed by atoms with Crippen LogP contribution in [0.25, 0.3) is 0 Å². The average Bonchev–Trinajstić information content (AvgIpc) is 2.92. The molecular weight excluding hydrogens is 294 g/mol. The molecule has 2 aromatic rings. The molecule has 0 spiro atoms. The summed E-state index contributed by atoms with van der Waals surface area (Å²) < 4.78 is 5.02. The lowest BCUT2D eigenvalue weighted by Crippen LogP contribution is -2.46. The van der Waals surface area contributed by atoms with E-state index in [0.29, 0.717) is 5.89 Å². The Morgan fingerprint density at radius 3 is 2.43 bits per heavy atom. The lowest BCUT2D eigenvalue weighted by Gasteiger charge is -2.34. The second-order valence-electron chi connectivity index (χ2n) is 6.05. The fraction of sp³-hybridized carbons (Fsp3) is 0.600. The van der Waals surface area contributed by atoms with E-state index < -0.39 is 0 Å². The minimum Gasteiger partial charge on any atom is -0.363 e. The summed E-state index contributed by atoms with van der Waals surface area (Å²) in [6.45, 7) is 8.20. The molecule has 0 N–H and O–H groups in total. The van der Waals surface area contributed by atoms with Crippen LogP contribution in [0.2, 0.25) is 0 Å². The van der Waals surface area contributed by atoms with Crippen LogP contribution in [0.3, 0.4) is 0 Å². The quantitative estimate of drug-likeness (QED) is 0.822. The molecule has 2 aromatic heterocycles. The number of anilines is 2. The number of rotatable bonds is 4. The molecule has 0 amide bonds. The van der Waals surface area contributed by atoms with E-state index in [9.17, 15) is 0 Å². The number of aryl methyl sites for hydroxylation is 2. The van der Waals surface area contributed by atoms with Crippen LogP contribution in [0.5, 0.6) is 0 Å².